The van der Waals surface area contributed by atoms with E-state index in [1.54, 1.807) is 6.20 Å². The predicted molar refractivity (Wildman–Crippen MR) is 61.3 cm³/mol. The third-order valence-electron chi connectivity index (χ3n) is 1.42. The maximum atomic E-state index is 4.19. The van der Waals surface area contributed by atoms with Gasteiger partial charge in [0.1, 0.15) is 5.82 Å². The molecule has 3 heteroatoms. The summed E-state index contributed by atoms with van der Waals surface area (Å²) in [5.41, 5.74) is 1.97. The van der Waals surface area contributed by atoms with Crippen LogP contribution in [0, 0.1) is 6.92 Å². The highest BCUT2D eigenvalue weighted by Gasteiger charge is 1.93. The first-order valence-electron chi connectivity index (χ1n) is 5.13. The zero-order valence-electron chi connectivity index (χ0n) is 9.63. The van der Waals surface area contributed by atoms with Crippen LogP contribution in [0.3, 0.4) is 0 Å². The predicted octanol–water partition coefficient (Wildman–Crippen LogP) is 3.32. The number of hydrogen-bond donors (Lipinski definition) is 1. The molecule has 2 rings (SSSR count). The summed E-state index contributed by atoms with van der Waals surface area (Å²) in [4.78, 5) is 11.3. The van der Waals surface area contributed by atoms with Crippen LogP contribution in [0.25, 0.3) is 11.0 Å². The van der Waals surface area contributed by atoms with Crippen LogP contribution >= 0.6 is 0 Å². The Morgan fingerprint density at radius 2 is 1.79 bits per heavy atom. The van der Waals surface area contributed by atoms with Gasteiger partial charge in [-0.25, -0.2) is 9.97 Å². The molecule has 0 amide bonds. The fourth-order valence-electron chi connectivity index (χ4n) is 0.936. The number of nitrogens with one attached hydrogen (secondary N) is 1. The van der Waals surface area contributed by atoms with E-state index >= 15 is 0 Å². The van der Waals surface area contributed by atoms with Gasteiger partial charge in [0.25, 0.3) is 0 Å². The second-order valence-corrected chi connectivity index (χ2v) is 2.19. The van der Waals surface area contributed by atoms with Crippen molar-refractivity contribution in [2.24, 2.45) is 0 Å². The van der Waals surface area contributed by atoms with Gasteiger partial charge in [0, 0.05) is 6.20 Å². The molecule has 3 nitrogen and oxygen atoms in total. The maximum absolute atomic E-state index is 4.19. The lowest BCUT2D eigenvalue weighted by molar-refractivity contribution is 1.09. The molecule has 2 aromatic heterocycles. The highest BCUT2D eigenvalue weighted by Crippen LogP contribution is 2.05. The molecule has 0 spiro atoms. The summed E-state index contributed by atoms with van der Waals surface area (Å²) >= 11 is 0. The fourth-order valence-corrected chi connectivity index (χ4v) is 0.936. The Morgan fingerprint density at radius 1 is 1.14 bits per heavy atom. The Balaban J connectivity index is 0.000000379. The molecule has 2 aromatic rings. The van der Waals surface area contributed by atoms with E-state index in [9.17, 15) is 0 Å². The molecule has 0 atom stereocenters. The highest BCUT2D eigenvalue weighted by atomic mass is 14.9. The number of rotatable bonds is 0. The normalized spacial score (nSPS) is 8.36. The maximum Gasteiger partial charge on any atom is 0.126 e. The molecule has 14 heavy (non-hydrogen) atoms. The van der Waals surface area contributed by atoms with E-state index in [4.69, 9.17) is 0 Å². The quantitative estimate of drug-likeness (QED) is 0.697. The average molecular weight is 193 g/mol. The number of aromatic amines is 1. The summed E-state index contributed by atoms with van der Waals surface area (Å²) < 4.78 is 0. The molecule has 0 fully saturated rings. The Morgan fingerprint density at radius 3 is 2.43 bits per heavy atom. The standard InChI is InChI=1S/C7H7N3.2C2H6/c1-5-9-4-7-6(10-5)2-3-8-7;2*1-2/h2-4,8H,1H3;2*1-2H3. The molecule has 0 unspecified atom stereocenters. The van der Waals surface area contributed by atoms with Crippen molar-refractivity contribution < 1.29 is 0 Å². The van der Waals surface area contributed by atoms with E-state index in [1.165, 1.54) is 0 Å². The van der Waals surface area contributed by atoms with Crippen molar-refractivity contribution in [3.8, 4) is 0 Å². The molecular formula is C11H19N3. The Kier molecular flexibility index (Phi) is 6.37. The molecule has 0 aliphatic carbocycles. The number of nitrogens with zero attached hydrogens (tertiary/aromatic N) is 2. The van der Waals surface area contributed by atoms with Gasteiger partial charge in [0.2, 0.25) is 0 Å². The first kappa shape index (κ1) is 12.6. The molecule has 1 N–H and O–H groups in total. The monoisotopic (exact) mass is 193 g/mol. The minimum atomic E-state index is 0.812. The van der Waals surface area contributed by atoms with E-state index in [2.05, 4.69) is 15.0 Å². The number of aryl methyl sites for hydroxylation is 1. The Bertz CT molecular complexity index is 352. The summed E-state index contributed by atoms with van der Waals surface area (Å²) in [6, 6.07) is 1.93. The number of hydrogen-bond acceptors (Lipinski definition) is 2. The first-order chi connectivity index (χ1) is 6.86. The van der Waals surface area contributed by atoms with Gasteiger partial charge in [0.05, 0.1) is 17.2 Å². The number of fused-ring (bicyclic) bond motifs is 1. The summed E-state index contributed by atoms with van der Waals surface area (Å²) in [6.45, 7) is 9.88. The molecule has 0 saturated heterocycles. The van der Waals surface area contributed by atoms with E-state index in [-0.39, 0.29) is 0 Å². The lowest BCUT2D eigenvalue weighted by atomic mass is 10.4. The molecule has 2 heterocycles. The van der Waals surface area contributed by atoms with Crippen LogP contribution in [-0.2, 0) is 0 Å². The van der Waals surface area contributed by atoms with Crippen molar-refractivity contribution in [1.82, 2.24) is 15.0 Å². The Hall–Kier alpha value is -1.38. The van der Waals surface area contributed by atoms with Crippen molar-refractivity contribution in [3.05, 3.63) is 24.3 Å². The van der Waals surface area contributed by atoms with Crippen LogP contribution in [0.1, 0.15) is 33.5 Å². The van der Waals surface area contributed by atoms with Crippen molar-refractivity contribution >= 4 is 11.0 Å². The average Bonchev–Trinajstić information content (AvgIpc) is 2.71. The molecule has 0 aromatic carbocycles. The third-order valence-corrected chi connectivity index (χ3v) is 1.42. The lowest BCUT2D eigenvalue weighted by Crippen LogP contribution is -1.84. The van der Waals surface area contributed by atoms with E-state index in [1.807, 2.05) is 46.9 Å². The van der Waals surface area contributed by atoms with Crippen LogP contribution in [0.4, 0.5) is 0 Å². The first-order valence-corrected chi connectivity index (χ1v) is 5.13. The van der Waals surface area contributed by atoms with Crippen molar-refractivity contribution in [3.63, 3.8) is 0 Å². The minimum Gasteiger partial charge on any atom is -0.359 e. The van der Waals surface area contributed by atoms with Gasteiger partial charge < -0.3 is 4.98 Å². The minimum absolute atomic E-state index is 0.812. The van der Waals surface area contributed by atoms with E-state index in [0.717, 1.165) is 16.9 Å². The summed E-state index contributed by atoms with van der Waals surface area (Å²) in [5, 5.41) is 0. The molecular weight excluding hydrogens is 174 g/mol. The third kappa shape index (κ3) is 3.17. The molecule has 0 radical (unpaired) electrons. The van der Waals surface area contributed by atoms with Crippen molar-refractivity contribution in [2.75, 3.05) is 0 Å². The van der Waals surface area contributed by atoms with Gasteiger partial charge in [0.15, 0.2) is 0 Å². The van der Waals surface area contributed by atoms with Crippen LogP contribution < -0.4 is 0 Å². The second kappa shape index (κ2) is 7.06. The smallest absolute Gasteiger partial charge is 0.126 e. The lowest BCUT2D eigenvalue weighted by Gasteiger charge is -1.88. The number of aromatic nitrogens is 3. The second-order valence-electron chi connectivity index (χ2n) is 2.19. The van der Waals surface area contributed by atoms with Gasteiger partial charge in [-0.05, 0) is 13.0 Å². The topological polar surface area (TPSA) is 41.6 Å². The highest BCUT2D eigenvalue weighted by molar-refractivity contribution is 5.73. The number of H-pyrrole nitrogens is 1. The summed E-state index contributed by atoms with van der Waals surface area (Å²) in [5.74, 6) is 0.812. The zero-order valence-corrected chi connectivity index (χ0v) is 9.63. The van der Waals surface area contributed by atoms with Crippen LogP contribution in [0.2, 0.25) is 0 Å². The summed E-state index contributed by atoms with van der Waals surface area (Å²) in [7, 11) is 0. The molecule has 0 aliphatic heterocycles. The van der Waals surface area contributed by atoms with Crippen LogP contribution in [0.5, 0.6) is 0 Å². The van der Waals surface area contributed by atoms with Gasteiger partial charge in [-0.3, -0.25) is 0 Å². The van der Waals surface area contributed by atoms with Crippen LogP contribution in [-0.4, -0.2) is 15.0 Å². The van der Waals surface area contributed by atoms with E-state index in [0.29, 0.717) is 0 Å². The Labute approximate surface area is 85.6 Å². The van der Waals surface area contributed by atoms with Gasteiger partial charge in [-0.2, -0.15) is 0 Å². The van der Waals surface area contributed by atoms with Gasteiger partial charge >= 0.3 is 0 Å². The largest absolute Gasteiger partial charge is 0.359 e. The molecule has 0 aliphatic rings. The van der Waals surface area contributed by atoms with Gasteiger partial charge in [-0.1, -0.05) is 27.7 Å². The zero-order chi connectivity index (χ0) is 11.0. The van der Waals surface area contributed by atoms with Crippen LogP contribution in [0.15, 0.2) is 18.5 Å². The molecule has 0 saturated carbocycles. The summed E-state index contributed by atoms with van der Waals surface area (Å²) in [6.07, 6.45) is 3.65. The SMILES string of the molecule is CC.CC.Cc1ncc2[nH]ccc2n1. The molecule has 78 valence electrons. The van der Waals surface area contributed by atoms with Crippen molar-refractivity contribution in [2.45, 2.75) is 34.6 Å². The fraction of sp³-hybridized carbons (Fsp3) is 0.455. The molecule has 0 bridgehead atoms. The van der Waals surface area contributed by atoms with Crippen molar-refractivity contribution in [1.29, 1.82) is 0 Å². The van der Waals surface area contributed by atoms with E-state index < -0.39 is 0 Å². The van der Waals surface area contributed by atoms with Gasteiger partial charge in [-0.15, -0.1) is 0 Å².